The Bertz CT molecular complexity index is 956. The summed E-state index contributed by atoms with van der Waals surface area (Å²) in [6.45, 7) is 7.32. The Labute approximate surface area is 181 Å². The first-order valence-corrected chi connectivity index (χ1v) is 12.1. The van der Waals surface area contributed by atoms with Gasteiger partial charge >= 0.3 is 0 Å². The Morgan fingerprint density at radius 3 is 2.63 bits per heavy atom. The summed E-state index contributed by atoms with van der Waals surface area (Å²) >= 11 is 1.36. The number of carbonyl (C=O) groups excluding carboxylic acids is 1. The topological polar surface area (TPSA) is 82.2 Å². The van der Waals surface area contributed by atoms with Gasteiger partial charge in [-0.2, -0.15) is 5.10 Å². The fraction of sp³-hybridized carbons (Fsp3) is 0.714. The molecule has 164 valence electrons. The summed E-state index contributed by atoms with van der Waals surface area (Å²) < 4.78 is 9.21. The van der Waals surface area contributed by atoms with Crippen LogP contribution < -0.4 is 5.56 Å². The van der Waals surface area contributed by atoms with E-state index in [1.165, 1.54) is 24.6 Å². The zero-order chi connectivity index (χ0) is 21.1. The normalized spacial score (nSPS) is 20.1. The molecule has 0 radical (unpaired) electrons. The van der Waals surface area contributed by atoms with Crippen LogP contribution in [0, 0.1) is 6.92 Å². The predicted octanol–water partition coefficient (Wildman–Crippen LogP) is 2.60. The second kappa shape index (κ2) is 9.51. The first-order chi connectivity index (χ1) is 14.6. The molecule has 1 amide bonds. The number of aryl methyl sites for hydroxylation is 2. The Kier molecular flexibility index (Phi) is 6.77. The number of amides is 1. The minimum atomic E-state index is -0.0947. The van der Waals surface area contributed by atoms with Crippen molar-refractivity contribution in [2.24, 2.45) is 0 Å². The Morgan fingerprint density at radius 1 is 1.20 bits per heavy atom. The van der Waals surface area contributed by atoms with E-state index in [9.17, 15) is 9.59 Å². The molecule has 0 spiro atoms. The molecule has 2 aromatic rings. The van der Waals surface area contributed by atoms with Gasteiger partial charge in [0.2, 0.25) is 5.91 Å². The van der Waals surface area contributed by atoms with Crippen LogP contribution in [0.15, 0.2) is 9.95 Å². The molecule has 2 aliphatic rings. The quantitative estimate of drug-likeness (QED) is 0.514. The van der Waals surface area contributed by atoms with E-state index in [0.717, 1.165) is 51.1 Å². The van der Waals surface area contributed by atoms with Crippen molar-refractivity contribution in [1.82, 2.24) is 24.2 Å². The molecule has 0 aromatic carbocycles. The third kappa shape index (κ3) is 4.42. The molecule has 1 atom stereocenters. The molecule has 9 heteroatoms. The standard InChI is InChI=1S/C21H31N5O3S/c1-3-26-19-18(15(2)23-26)22-21(25(20(19)28)13-16-9-8-12-29-16)30-14-17(27)24-10-6-4-5-7-11-24/h16H,3-14H2,1-2H3. The number of hydrogen-bond acceptors (Lipinski definition) is 6. The van der Waals surface area contributed by atoms with Gasteiger partial charge in [0.25, 0.3) is 5.56 Å². The summed E-state index contributed by atoms with van der Waals surface area (Å²) in [6.07, 6.45) is 6.49. The highest BCUT2D eigenvalue weighted by molar-refractivity contribution is 7.99. The van der Waals surface area contributed by atoms with Gasteiger partial charge in [0.15, 0.2) is 10.7 Å². The van der Waals surface area contributed by atoms with E-state index in [4.69, 9.17) is 9.72 Å². The Hall–Kier alpha value is -1.87. The molecule has 30 heavy (non-hydrogen) atoms. The highest BCUT2D eigenvalue weighted by atomic mass is 32.2. The smallest absolute Gasteiger partial charge is 0.280 e. The van der Waals surface area contributed by atoms with Crippen LogP contribution in [0.5, 0.6) is 0 Å². The van der Waals surface area contributed by atoms with E-state index in [-0.39, 0.29) is 17.6 Å². The lowest BCUT2D eigenvalue weighted by Gasteiger charge is -2.20. The third-order valence-electron chi connectivity index (χ3n) is 5.98. The molecule has 0 saturated carbocycles. The molecule has 0 N–H and O–H groups in total. The van der Waals surface area contributed by atoms with Crippen LogP contribution in [-0.4, -0.2) is 61.7 Å². The summed E-state index contributed by atoms with van der Waals surface area (Å²) in [5.74, 6) is 0.422. The van der Waals surface area contributed by atoms with Gasteiger partial charge in [-0.3, -0.25) is 18.8 Å². The Morgan fingerprint density at radius 2 is 1.97 bits per heavy atom. The molecular weight excluding hydrogens is 402 g/mol. The van der Waals surface area contributed by atoms with Gasteiger partial charge < -0.3 is 9.64 Å². The number of rotatable bonds is 6. The van der Waals surface area contributed by atoms with Crippen molar-refractivity contribution in [2.75, 3.05) is 25.4 Å². The van der Waals surface area contributed by atoms with Crippen LogP contribution in [0.3, 0.4) is 0 Å². The highest BCUT2D eigenvalue weighted by Gasteiger charge is 2.24. The summed E-state index contributed by atoms with van der Waals surface area (Å²) in [5, 5.41) is 5.08. The molecule has 2 fully saturated rings. The molecule has 8 nitrogen and oxygen atoms in total. The van der Waals surface area contributed by atoms with E-state index < -0.39 is 0 Å². The summed E-state index contributed by atoms with van der Waals surface area (Å²) in [7, 11) is 0. The number of fused-ring (bicyclic) bond motifs is 1. The van der Waals surface area contributed by atoms with Gasteiger partial charge in [0.1, 0.15) is 5.52 Å². The minimum absolute atomic E-state index is 0.0155. The molecule has 4 rings (SSSR count). The zero-order valence-corrected chi connectivity index (χ0v) is 18.7. The second-order valence-corrected chi connectivity index (χ2v) is 9.07. The van der Waals surface area contributed by atoms with Gasteiger partial charge in [-0.05, 0) is 39.5 Å². The van der Waals surface area contributed by atoms with Crippen molar-refractivity contribution < 1.29 is 9.53 Å². The van der Waals surface area contributed by atoms with E-state index in [0.29, 0.717) is 35.0 Å². The largest absolute Gasteiger partial charge is 0.376 e. The number of thioether (sulfide) groups is 1. The first-order valence-electron chi connectivity index (χ1n) is 11.1. The van der Waals surface area contributed by atoms with Crippen molar-refractivity contribution in [3.63, 3.8) is 0 Å². The van der Waals surface area contributed by atoms with Crippen LogP contribution in [0.4, 0.5) is 0 Å². The van der Waals surface area contributed by atoms with E-state index in [1.54, 1.807) is 9.25 Å². The number of ether oxygens (including phenoxy) is 1. The maximum atomic E-state index is 13.4. The molecule has 2 saturated heterocycles. The van der Waals surface area contributed by atoms with Crippen LogP contribution in [0.2, 0.25) is 0 Å². The maximum absolute atomic E-state index is 13.4. The van der Waals surface area contributed by atoms with Gasteiger partial charge in [-0.1, -0.05) is 24.6 Å². The Balaban J connectivity index is 1.63. The van der Waals surface area contributed by atoms with Crippen molar-refractivity contribution in [3.8, 4) is 0 Å². The van der Waals surface area contributed by atoms with Crippen LogP contribution in [0.1, 0.15) is 51.1 Å². The molecule has 2 aliphatic heterocycles. The number of nitrogens with zero attached hydrogens (tertiary/aromatic N) is 5. The predicted molar refractivity (Wildman–Crippen MR) is 117 cm³/mol. The summed E-state index contributed by atoms with van der Waals surface area (Å²) in [5.41, 5.74) is 1.82. The SMILES string of the molecule is CCn1nc(C)c2nc(SCC(=O)N3CCCCCC3)n(CC3CCCO3)c(=O)c21. The molecule has 0 aliphatic carbocycles. The monoisotopic (exact) mass is 433 g/mol. The average molecular weight is 434 g/mol. The summed E-state index contributed by atoms with van der Waals surface area (Å²) in [4.78, 5) is 33.0. The van der Waals surface area contributed by atoms with Crippen LogP contribution in [-0.2, 0) is 22.6 Å². The molecule has 0 bridgehead atoms. The number of carbonyl (C=O) groups is 1. The van der Waals surface area contributed by atoms with Gasteiger partial charge in [-0.15, -0.1) is 0 Å². The number of aromatic nitrogens is 4. The third-order valence-corrected chi connectivity index (χ3v) is 6.94. The van der Waals surface area contributed by atoms with Gasteiger partial charge in [0.05, 0.1) is 24.1 Å². The lowest BCUT2D eigenvalue weighted by molar-refractivity contribution is -0.128. The lowest BCUT2D eigenvalue weighted by atomic mass is 10.2. The lowest BCUT2D eigenvalue weighted by Crippen LogP contribution is -2.34. The highest BCUT2D eigenvalue weighted by Crippen LogP contribution is 2.23. The molecule has 2 aromatic heterocycles. The minimum Gasteiger partial charge on any atom is -0.376 e. The van der Waals surface area contributed by atoms with Gasteiger partial charge in [0, 0.05) is 26.2 Å². The van der Waals surface area contributed by atoms with Gasteiger partial charge in [-0.25, -0.2) is 4.98 Å². The van der Waals surface area contributed by atoms with Crippen LogP contribution in [0.25, 0.3) is 11.0 Å². The molecular formula is C21H31N5O3S. The summed E-state index contributed by atoms with van der Waals surface area (Å²) in [6, 6.07) is 0. The fourth-order valence-electron chi connectivity index (χ4n) is 4.32. The molecule has 1 unspecified atom stereocenters. The van der Waals surface area contributed by atoms with Crippen molar-refractivity contribution in [1.29, 1.82) is 0 Å². The van der Waals surface area contributed by atoms with Crippen LogP contribution >= 0.6 is 11.8 Å². The second-order valence-electron chi connectivity index (χ2n) is 8.13. The number of likely N-dealkylation sites (tertiary alicyclic amines) is 1. The van der Waals surface area contributed by atoms with E-state index >= 15 is 0 Å². The van der Waals surface area contributed by atoms with E-state index in [2.05, 4.69) is 5.10 Å². The van der Waals surface area contributed by atoms with Crippen molar-refractivity contribution >= 4 is 28.7 Å². The molecule has 4 heterocycles. The number of hydrogen-bond donors (Lipinski definition) is 0. The average Bonchev–Trinajstić information content (AvgIpc) is 3.27. The maximum Gasteiger partial charge on any atom is 0.280 e. The van der Waals surface area contributed by atoms with E-state index in [1.807, 2.05) is 18.7 Å². The van der Waals surface area contributed by atoms with Crippen molar-refractivity contribution in [3.05, 3.63) is 16.0 Å². The first kappa shape index (κ1) is 21.4. The fourth-order valence-corrected chi connectivity index (χ4v) is 5.22. The van der Waals surface area contributed by atoms with Crippen molar-refractivity contribution in [2.45, 2.75) is 76.7 Å². The zero-order valence-electron chi connectivity index (χ0n) is 17.9.